The van der Waals surface area contributed by atoms with Gasteiger partial charge in [0.05, 0.1) is 19.8 Å². The van der Waals surface area contributed by atoms with Gasteiger partial charge in [0.2, 0.25) is 0 Å². The minimum Gasteiger partial charge on any atom is -0.394 e. The van der Waals surface area contributed by atoms with Crippen LogP contribution in [0.4, 0.5) is 0 Å². The van der Waals surface area contributed by atoms with Crippen LogP contribution in [0.3, 0.4) is 0 Å². The molecule has 102 valence electrons. The van der Waals surface area contributed by atoms with E-state index in [4.69, 9.17) is 9.84 Å². The zero-order chi connectivity index (χ0) is 13.4. The summed E-state index contributed by atoms with van der Waals surface area (Å²) in [5.41, 5.74) is 2.68. The van der Waals surface area contributed by atoms with E-state index in [1.807, 2.05) is 0 Å². The molecule has 0 fully saturated rings. The van der Waals surface area contributed by atoms with Gasteiger partial charge in [-0.25, -0.2) is 0 Å². The molecule has 0 radical (unpaired) electrons. The lowest BCUT2D eigenvalue weighted by molar-refractivity contribution is 0.0916. The summed E-state index contributed by atoms with van der Waals surface area (Å²) in [6.45, 7) is 8.53. The quantitative estimate of drug-likeness (QED) is 0.697. The van der Waals surface area contributed by atoms with Crippen molar-refractivity contribution in [1.82, 2.24) is 5.32 Å². The third-order valence-electron chi connectivity index (χ3n) is 3.04. The van der Waals surface area contributed by atoms with E-state index in [0.717, 1.165) is 6.54 Å². The van der Waals surface area contributed by atoms with Crippen molar-refractivity contribution in [1.29, 1.82) is 0 Å². The average molecular weight is 251 g/mol. The van der Waals surface area contributed by atoms with Crippen LogP contribution < -0.4 is 5.32 Å². The van der Waals surface area contributed by atoms with Gasteiger partial charge in [-0.3, -0.25) is 0 Å². The Morgan fingerprint density at radius 1 is 1.22 bits per heavy atom. The lowest BCUT2D eigenvalue weighted by Gasteiger charge is -2.24. The minimum atomic E-state index is 0.0887. The predicted octanol–water partition coefficient (Wildman–Crippen LogP) is 2.29. The first-order chi connectivity index (χ1) is 8.66. The third kappa shape index (κ3) is 4.77. The lowest BCUT2D eigenvalue weighted by atomic mass is 9.93. The summed E-state index contributed by atoms with van der Waals surface area (Å²) in [5, 5.41) is 12.2. The van der Waals surface area contributed by atoms with Crippen molar-refractivity contribution in [2.45, 2.75) is 26.8 Å². The molecule has 1 rings (SSSR count). The Hall–Kier alpha value is -0.900. The van der Waals surface area contributed by atoms with Crippen LogP contribution in [-0.4, -0.2) is 31.5 Å². The van der Waals surface area contributed by atoms with Crippen molar-refractivity contribution in [2.75, 3.05) is 26.4 Å². The first-order valence-corrected chi connectivity index (χ1v) is 6.64. The van der Waals surface area contributed by atoms with E-state index in [0.29, 0.717) is 25.2 Å². The molecule has 0 aromatic heterocycles. The van der Waals surface area contributed by atoms with E-state index in [-0.39, 0.29) is 6.61 Å². The molecule has 1 atom stereocenters. The number of ether oxygens (including phenoxy) is 1. The van der Waals surface area contributed by atoms with Crippen molar-refractivity contribution in [3.05, 3.63) is 35.4 Å². The van der Waals surface area contributed by atoms with Gasteiger partial charge in [-0.1, -0.05) is 38.1 Å². The fourth-order valence-corrected chi connectivity index (χ4v) is 2.09. The number of nitrogens with one attached hydrogen (secondary N) is 1. The maximum Gasteiger partial charge on any atom is 0.0698 e. The number of aliphatic hydroxyl groups is 1. The first kappa shape index (κ1) is 15.2. The molecule has 0 bridgehead atoms. The molecule has 1 aromatic rings. The second-order valence-corrected chi connectivity index (χ2v) is 4.87. The van der Waals surface area contributed by atoms with E-state index in [9.17, 15) is 0 Å². The molecule has 3 nitrogen and oxygen atoms in total. The number of benzene rings is 1. The van der Waals surface area contributed by atoms with Crippen LogP contribution in [0.1, 0.15) is 31.0 Å². The lowest BCUT2D eigenvalue weighted by Crippen LogP contribution is -2.29. The van der Waals surface area contributed by atoms with Gasteiger partial charge in [0, 0.05) is 12.6 Å². The maximum absolute atomic E-state index is 8.63. The van der Waals surface area contributed by atoms with E-state index < -0.39 is 0 Å². The Morgan fingerprint density at radius 2 is 1.94 bits per heavy atom. The predicted molar refractivity (Wildman–Crippen MR) is 74.7 cm³/mol. The largest absolute Gasteiger partial charge is 0.394 e. The molecule has 0 saturated carbocycles. The fourth-order valence-electron chi connectivity index (χ4n) is 2.09. The van der Waals surface area contributed by atoms with E-state index in [2.05, 4.69) is 50.4 Å². The molecular weight excluding hydrogens is 226 g/mol. The van der Waals surface area contributed by atoms with Gasteiger partial charge >= 0.3 is 0 Å². The van der Waals surface area contributed by atoms with Crippen LogP contribution in [0.15, 0.2) is 24.3 Å². The number of hydrogen-bond donors (Lipinski definition) is 2. The van der Waals surface area contributed by atoms with Crippen LogP contribution >= 0.6 is 0 Å². The summed E-state index contributed by atoms with van der Waals surface area (Å²) >= 11 is 0. The summed E-state index contributed by atoms with van der Waals surface area (Å²) in [6, 6.07) is 8.84. The fraction of sp³-hybridized carbons (Fsp3) is 0.600. The molecule has 0 amide bonds. The SMILES string of the molecule is Cc1ccccc1C(NCCOCCO)C(C)C. The second-order valence-electron chi connectivity index (χ2n) is 4.87. The molecule has 0 spiro atoms. The molecule has 18 heavy (non-hydrogen) atoms. The number of aliphatic hydroxyl groups excluding tert-OH is 1. The van der Waals surface area contributed by atoms with Gasteiger partial charge < -0.3 is 15.2 Å². The topological polar surface area (TPSA) is 41.5 Å². The Morgan fingerprint density at radius 3 is 2.56 bits per heavy atom. The molecule has 2 N–H and O–H groups in total. The zero-order valence-corrected chi connectivity index (χ0v) is 11.6. The van der Waals surface area contributed by atoms with Gasteiger partial charge in [-0.15, -0.1) is 0 Å². The first-order valence-electron chi connectivity index (χ1n) is 6.64. The normalized spacial score (nSPS) is 12.9. The van der Waals surface area contributed by atoms with E-state index in [1.54, 1.807) is 0 Å². The van der Waals surface area contributed by atoms with Crippen LogP contribution in [0.5, 0.6) is 0 Å². The van der Waals surface area contributed by atoms with Crippen molar-refractivity contribution >= 4 is 0 Å². The highest BCUT2D eigenvalue weighted by molar-refractivity contribution is 5.29. The second kappa shape index (κ2) is 8.25. The Bertz CT molecular complexity index is 339. The number of hydrogen-bond acceptors (Lipinski definition) is 3. The van der Waals surface area contributed by atoms with Gasteiger partial charge in [0.1, 0.15) is 0 Å². The van der Waals surface area contributed by atoms with Crippen LogP contribution in [0.25, 0.3) is 0 Å². The molecule has 0 aliphatic carbocycles. The highest BCUT2D eigenvalue weighted by atomic mass is 16.5. The molecule has 0 aliphatic rings. The van der Waals surface area contributed by atoms with E-state index in [1.165, 1.54) is 11.1 Å². The standard InChI is InChI=1S/C15H25NO2/c1-12(2)15(16-8-10-18-11-9-17)14-7-5-4-6-13(14)3/h4-7,12,15-17H,8-11H2,1-3H3. The summed E-state index contributed by atoms with van der Waals surface area (Å²) in [5.74, 6) is 0.531. The van der Waals surface area contributed by atoms with Gasteiger partial charge in [-0.2, -0.15) is 0 Å². The van der Waals surface area contributed by atoms with Gasteiger partial charge in [-0.05, 0) is 24.0 Å². The van der Waals surface area contributed by atoms with Gasteiger partial charge in [0.15, 0.2) is 0 Å². The summed E-state index contributed by atoms with van der Waals surface area (Å²) in [7, 11) is 0. The van der Waals surface area contributed by atoms with Crippen LogP contribution in [-0.2, 0) is 4.74 Å². The number of aryl methyl sites for hydroxylation is 1. The van der Waals surface area contributed by atoms with Crippen LogP contribution in [0, 0.1) is 12.8 Å². The Kier molecular flexibility index (Phi) is 6.94. The summed E-state index contributed by atoms with van der Waals surface area (Å²) in [4.78, 5) is 0. The molecule has 0 aliphatic heterocycles. The van der Waals surface area contributed by atoms with Gasteiger partial charge in [0.25, 0.3) is 0 Å². The highest BCUT2D eigenvalue weighted by Crippen LogP contribution is 2.24. The molecule has 1 aromatic carbocycles. The monoisotopic (exact) mass is 251 g/mol. The zero-order valence-electron chi connectivity index (χ0n) is 11.6. The van der Waals surface area contributed by atoms with Crippen molar-refractivity contribution in [2.24, 2.45) is 5.92 Å². The van der Waals surface area contributed by atoms with Crippen molar-refractivity contribution < 1.29 is 9.84 Å². The minimum absolute atomic E-state index is 0.0887. The summed E-state index contributed by atoms with van der Waals surface area (Å²) < 4.78 is 5.27. The third-order valence-corrected chi connectivity index (χ3v) is 3.04. The molecule has 0 saturated heterocycles. The molecule has 1 unspecified atom stereocenters. The molecule has 0 heterocycles. The van der Waals surface area contributed by atoms with Crippen molar-refractivity contribution in [3.63, 3.8) is 0 Å². The molecule has 3 heteroatoms. The Labute approximate surface area is 110 Å². The van der Waals surface area contributed by atoms with Crippen molar-refractivity contribution in [3.8, 4) is 0 Å². The smallest absolute Gasteiger partial charge is 0.0698 e. The summed E-state index contributed by atoms with van der Waals surface area (Å²) in [6.07, 6.45) is 0. The highest BCUT2D eigenvalue weighted by Gasteiger charge is 2.16. The maximum atomic E-state index is 8.63. The average Bonchev–Trinajstić information content (AvgIpc) is 2.35. The number of rotatable bonds is 8. The Balaban J connectivity index is 2.53. The van der Waals surface area contributed by atoms with Crippen LogP contribution in [0.2, 0.25) is 0 Å². The van der Waals surface area contributed by atoms with E-state index >= 15 is 0 Å². The molecular formula is C15H25NO2.